The van der Waals surface area contributed by atoms with Crippen LogP contribution in [0.4, 0.5) is 4.79 Å². The van der Waals surface area contributed by atoms with E-state index in [2.05, 4.69) is 36.6 Å². The first-order chi connectivity index (χ1) is 19.2. The number of hydrogen-bond acceptors (Lipinski definition) is 7. The van der Waals surface area contributed by atoms with Gasteiger partial charge in [0.25, 0.3) is 5.91 Å². The van der Waals surface area contributed by atoms with Crippen molar-refractivity contribution in [2.75, 3.05) is 6.54 Å². The smallest absolute Gasteiger partial charge is 0.408 e. The molecule has 5 rings (SSSR count). The second-order valence-electron chi connectivity index (χ2n) is 14.8. The van der Waals surface area contributed by atoms with Crippen LogP contribution in [0.2, 0.25) is 0 Å². The van der Waals surface area contributed by atoms with Gasteiger partial charge in [0, 0.05) is 6.54 Å². The van der Waals surface area contributed by atoms with Crippen molar-refractivity contribution in [2.24, 2.45) is 46.7 Å². The van der Waals surface area contributed by atoms with Crippen LogP contribution in [0, 0.1) is 40.9 Å². The summed E-state index contributed by atoms with van der Waals surface area (Å²) in [6, 6.07) is -2.28. The number of allylic oxidation sites excluding steroid dienone is 2. The van der Waals surface area contributed by atoms with Crippen molar-refractivity contribution < 1.29 is 29.0 Å². The Bertz CT molecular complexity index is 1080. The molecule has 5 N–H and O–H groups in total. The van der Waals surface area contributed by atoms with Crippen LogP contribution >= 0.6 is 0 Å². The second kappa shape index (κ2) is 11.0. The maximum Gasteiger partial charge on any atom is 0.408 e. The average molecular weight is 573 g/mol. The Morgan fingerprint density at radius 3 is 2.22 bits per heavy atom. The Kier molecular flexibility index (Phi) is 8.04. The van der Waals surface area contributed by atoms with E-state index < -0.39 is 47.7 Å². The highest BCUT2D eigenvalue weighted by Crippen LogP contribution is 2.65. The zero-order valence-corrected chi connectivity index (χ0v) is 25.1. The number of aliphatic hydroxyl groups excluding tert-OH is 1. The maximum atomic E-state index is 13.9. The fourth-order valence-electron chi connectivity index (χ4n) is 8.00. The Hall–Kier alpha value is -2.46. The number of nitrogens with one attached hydrogen (secondary N) is 2. The van der Waals surface area contributed by atoms with Gasteiger partial charge in [0.05, 0.1) is 18.1 Å². The number of alkyl carbamates (subject to hydrolysis) is 1. The number of ketones is 1. The summed E-state index contributed by atoms with van der Waals surface area (Å²) in [5.74, 6) is -0.693. The fraction of sp³-hybridized carbons (Fsp3) is 0.806. The summed E-state index contributed by atoms with van der Waals surface area (Å²) in [5, 5.41) is 17.8. The van der Waals surface area contributed by atoms with Crippen LogP contribution in [0.1, 0.15) is 79.6 Å². The van der Waals surface area contributed by atoms with Crippen molar-refractivity contribution in [3.05, 3.63) is 12.2 Å². The Labute approximate surface area is 243 Å². The second-order valence-corrected chi connectivity index (χ2v) is 14.8. The molecule has 3 saturated carbocycles. The van der Waals surface area contributed by atoms with Gasteiger partial charge >= 0.3 is 6.09 Å². The summed E-state index contributed by atoms with van der Waals surface area (Å²) in [4.78, 5) is 53.1. The third-order valence-corrected chi connectivity index (χ3v) is 10.4. The predicted octanol–water partition coefficient (Wildman–Crippen LogP) is 2.49. The third-order valence-electron chi connectivity index (χ3n) is 10.4. The van der Waals surface area contributed by atoms with Gasteiger partial charge in [-0.1, -0.05) is 38.8 Å². The minimum atomic E-state index is -1.12. The van der Waals surface area contributed by atoms with Crippen molar-refractivity contribution in [1.29, 1.82) is 0 Å². The number of carbonyl (C=O) groups excluding carboxylic acids is 4. The lowest BCUT2D eigenvalue weighted by molar-refractivity contribution is -0.141. The molecule has 4 fully saturated rings. The van der Waals surface area contributed by atoms with Gasteiger partial charge in [0.1, 0.15) is 11.8 Å². The van der Waals surface area contributed by atoms with Gasteiger partial charge < -0.3 is 26.2 Å². The molecule has 0 bridgehead atoms. The zero-order valence-electron chi connectivity index (χ0n) is 25.1. The van der Waals surface area contributed by atoms with Crippen LogP contribution in [0.15, 0.2) is 12.2 Å². The molecule has 41 heavy (non-hydrogen) atoms. The molecule has 8 atom stereocenters. The highest BCUT2D eigenvalue weighted by molar-refractivity contribution is 6.37. The van der Waals surface area contributed by atoms with Crippen LogP contribution in [0.25, 0.3) is 0 Å². The highest BCUT2D eigenvalue weighted by atomic mass is 16.6. The number of amides is 3. The SMILES string of the molecule is CC(C)(C)OC(=O)NC(C1CC2CC=CCC2C1)C(O)N1CC2C(C1C(=O)NC(CC1CC1)C(=O)C(N)=O)C2(C)C. The van der Waals surface area contributed by atoms with Crippen molar-refractivity contribution >= 4 is 23.7 Å². The molecule has 4 aliphatic carbocycles. The Balaban J connectivity index is 1.37. The molecule has 228 valence electrons. The lowest BCUT2D eigenvalue weighted by Gasteiger charge is -2.40. The van der Waals surface area contributed by atoms with Gasteiger partial charge in [-0.3, -0.25) is 19.3 Å². The summed E-state index contributed by atoms with van der Waals surface area (Å²) in [5.41, 5.74) is 4.53. The molecule has 0 aromatic rings. The van der Waals surface area contributed by atoms with Crippen molar-refractivity contribution in [3.8, 4) is 0 Å². The topological polar surface area (TPSA) is 151 Å². The van der Waals surface area contributed by atoms with E-state index >= 15 is 0 Å². The van der Waals surface area contributed by atoms with Gasteiger partial charge in [-0.2, -0.15) is 0 Å². The number of ether oxygens (including phenoxy) is 1. The fourth-order valence-corrected chi connectivity index (χ4v) is 8.00. The van der Waals surface area contributed by atoms with E-state index in [-0.39, 0.29) is 29.1 Å². The summed E-state index contributed by atoms with van der Waals surface area (Å²) in [6.07, 6.45) is 8.81. The van der Waals surface area contributed by atoms with Gasteiger partial charge in [0.2, 0.25) is 11.7 Å². The number of Topliss-reactive ketones (excluding diaryl/α,β-unsaturated/α-hetero) is 1. The van der Waals surface area contributed by atoms with E-state index in [1.54, 1.807) is 25.7 Å². The van der Waals surface area contributed by atoms with Gasteiger partial charge in [-0.25, -0.2) is 4.79 Å². The molecule has 1 saturated heterocycles. The molecule has 0 radical (unpaired) electrons. The minimum Gasteiger partial charge on any atom is -0.444 e. The van der Waals surface area contributed by atoms with Gasteiger partial charge in [-0.15, -0.1) is 0 Å². The number of nitrogens with two attached hydrogens (primary N) is 1. The van der Waals surface area contributed by atoms with Crippen molar-refractivity contribution in [1.82, 2.24) is 15.5 Å². The molecule has 8 unspecified atom stereocenters. The summed E-state index contributed by atoms with van der Waals surface area (Å²) in [7, 11) is 0. The maximum absolute atomic E-state index is 13.9. The van der Waals surface area contributed by atoms with Crippen molar-refractivity contribution in [3.63, 3.8) is 0 Å². The lowest BCUT2D eigenvalue weighted by atomic mass is 9.86. The normalized spacial score (nSPS) is 34.1. The molecule has 0 spiro atoms. The van der Waals surface area contributed by atoms with Crippen LogP contribution in [-0.4, -0.2) is 70.2 Å². The molecule has 1 aliphatic heterocycles. The molecule has 0 aromatic heterocycles. The van der Waals surface area contributed by atoms with E-state index in [9.17, 15) is 24.3 Å². The Morgan fingerprint density at radius 2 is 1.68 bits per heavy atom. The summed E-state index contributed by atoms with van der Waals surface area (Å²) >= 11 is 0. The number of primary amides is 1. The molecule has 3 amide bonds. The number of rotatable bonds is 10. The number of fused-ring (bicyclic) bond motifs is 2. The van der Waals surface area contributed by atoms with E-state index in [1.807, 2.05) is 0 Å². The van der Waals surface area contributed by atoms with Gasteiger partial charge in [-0.05, 0) is 93.8 Å². The Morgan fingerprint density at radius 1 is 1.07 bits per heavy atom. The average Bonchev–Trinajstić information content (AvgIpc) is 3.63. The third kappa shape index (κ3) is 6.33. The van der Waals surface area contributed by atoms with Crippen molar-refractivity contribution in [2.45, 2.75) is 110 Å². The first kappa shape index (κ1) is 30.0. The summed E-state index contributed by atoms with van der Waals surface area (Å²) in [6.45, 7) is 10.1. The molecule has 10 nitrogen and oxygen atoms in total. The summed E-state index contributed by atoms with van der Waals surface area (Å²) < 4.78 is 5.59. The largest absolute Gasteiger partial charge is 0.444 e. The van der Waals surface area contributed by atoms with E-state index in [4.69, 9.17) is 10.5 Å². The number of carbonyl (C=O) groups is 4. The molecule has 0 aromatic carbocycles. The number of likely N-dealkylation sites (tertiary alicyclic amines) is 1. The number of hydrogen-bond donors (Lipinski definition) is 4. The number of nitrogens with zero attached hydrogens (tertiary/aromatic N) is 1. The first-order valence-corrected chi connectivity index (χ1v) is 15.4. The first-order valence-electron chi connectivity index (χ1n) is 15.4. The zero-order chi connectivity index (χ0) is 29.9. The molecule has 10 heteroatoms. The van der Waals surface area contributed by atoms with E-state index in [1.165, 1.54) is 0 Å². The quantitative estimate of drug-likeness (QED) is 0.232. The van der Waals surface area contributed by atoms with Crippen LogP contribution in [0.3, 0.4) is 0 Å². The molecule has 5 aliphatic rings. The molecule has 1 heterocycles. The van der Waals surface area contributed by atoms with Crippen LogP contribution < -0.4 is 16.4 Å². The lowest BCUT2D eigenvalue weighted by Crippen LogP contribution is -2.61. The number of piperidine rings is 1. The standard InChI is InChI=1S/C31H48N4O6/c1-30(2,3)41-29(40)34-23(19-13-17-8-6-7-9-18(17)14-19)28(39)35-15-20-22(31(20,4)5)24(35)27(38)33-21(12-16-10-11-16)25(36)26(32)37/h6-7,16-24,28,39H,8-15H2,1-5H3,(H2,32,37)(H,33,38)(H,34,40). The highest BCUT2D eigenvalue weighted by Gasteiger charge is 2.69. The molecular formula is C31H48N4O6. The minimum absolute atomic E-state index is 0.0139. The van der Waals surface area contributed by atoms with Gasteiger partial charge in [0.15, 0.2) is 0 Å². The molecular weight excluding hydrogens is 524 g/mol. The van der Waals surface area contributed by atoms with E-state index in [0.29, 0.717) is 30.7 Å². The number of aliphatic hydroxyl groups is 1. The van der Waals surface area contributed by atoms with E-state index in [0.717, 1.165) is 38.5 Å². The van der Waals surface area contributed by atoms with Crippen LogP contribution in [-0.2, 0) is 19.1 Å². The predicted molar refractivity (Wildman–Crippen MR) is 152 cm³/mol. The van der Waals surface area contributed by atoms with Crippen LogP contribution in [0.5, 0.6) is 0 Å². The monoisotopic (exact) mass is 572 g/mol.